The number of halogens is 1. The number of carboxylic acid groups (broad SMARTS) is 1. The molecule has 12 heavy (non-hydrogen) atoms. The van der Waals surface area contributed by atoms with E-state index in [1.807, 2.05) is 0 Å². The van der Waals surface area contributed by atoms with E-state index in [4.69, 9.17) is 10.8 Å². The standard InChI is InChI=1S/C7H11NO3.ClH/c8-6(7(10)11)3-4-1-5(9)2-4;/h4,6H,1-3,8H2,(H,10,11);1H. The first-order valence-electron chi connectivity index (χ1n) is 3.59. The highest BCUT2D eigenvalue weighted by Crippen LogP contribution is 2.26. The SMILES string of the molecule is Cl.NC(CC1CC(=O)C1)C(=O)O. The van der Waals surface area contributed by atoms with E-state index in [0.29, 0.717) is 19.3 Å². The molecule has 1 fully saturated rings. The van der Waals surface area contributed by atoms with Crippen LogP contribution < -0.4 is 5.73 Å². The fourth-order valence-electron chi connectivity index (χ4n) is 1.21. The maximum absolute atomic E-state index is 10.5. The molecular weight excluding hydrogens is 182 g/mol. The Morgan fingerprint density at radius 2 is 2.17 bits per heavy atom. The maximum atomic E-state index is 10.5. The van der Waals surface area contributed by atoms with Gasteiger partial charge in [0.1, 0.15) is 11.8 Å². The summed E-state index contributed by atoms with van der Waals surface area (Å²) in [4.78, 5) is 20.7. The van der Waals surface area contributed by atoms with Crippen LogP contribution in [0.3, 0.4) is 0 Å². The summed E-state index contributed by atoms with van der Waals surface area (Å²) in [5.41, 5.74) is 5.26. The summed E-state index contributed by atoms with van der Waals surface area (Å²) in [5.74, 6) is -0.550. The topological polar surface area (TPSA) is 80.4 Å². The zero-order chi connectivity index (χ0) is 8.43. The van der Waals surface area contributed by atoms with Crippen molar-refractivity contribution in [3.63, 3.8) is 0 Å². The monoisotopic (exact) mass is 193 g/mol. The molecule has 0 aliphatic heterocycles. The number of hydrogen-bond acceptors (Lipinski definition) is 3. The van der Waals surface area contributed by atoms with E-state index in [-0.39, 0.29) is 24.1 Å². The number of ketones is 1. The summed E-state index contributed by atoms with van der Waals surface area (Å²) >= 11 is 0. The summed E-state index contributed by atoms with van der Waals surface area (Å²) in [6.07, 6.45) is 1.46. The largest absolute Gasteiger partial charge is 0.480 e. The third kappa shape index (κ3) is 2.79. The number of carboxylic acids is 1. The fraction of sp³-hybridized carbons (Fsp3) is 0.714. The van der Waals surface area contributed by atoms with Gasteiger partial charge in [0.2, 0.25) is 0 Å². The maximum Gasteiger partial charge on any atom is 0.320 e. The van der Waals surface area contributed by atoms with Crippen molar-refractivity contribution in [1.82, 2.24) is 0 Å². The minimum atomic E-state index is -0.982. The van der Waals surface area contributed by atoms with Crippen molar-refractivity contribution < 1.29 is 14.7 Å². The average Bonchev–Trinajstić information content (AvgIpc) is 1.84. The minimum absolute atomic E-state index is 0. The Kier molecular flexibility index (Phi) is 4.20. The van der Waals surface area contributed by atoms with Crippen molar-refractivity contribution in [1.29, 1.82) is 0 Å². The predicted octanol–water partition coefficient (Wildman–Crippen LogP) is 0.189. The highest BCUT2D eigenvalue weighted by atomic mass is 35.5. The van der Waals surface area contributed by atoms with Crippen molar-refractivity contribution in [2.24, 2.45) is 11.7 Å². The molecule has 0 spiro atoms. The summed E-state index contributed by atoms with van der Waals surface area (Å²) in [6, 6.07) is -0.798. The molecule has 0 amide bonds. The summed E-state index contributed by atoms with van der Waals surface area (Å²) in [6.45, 7) is 0. The lowest BCUT2D eigenvalue weighted by Crippen LogP contribution is -2.36. The van der Waals surface area contributed by atoms with Gasteiger partial charge in [-0.3, -0.25) is 9.59 Å². The normalized spacial score (nSPS) is 19.2. The van der Waals surface area contributed by atoms with Gasteiger partial charge < -0.3 is 10.8 Å². The van der Waals surface area contributed by atoms with Crippen LogP contribution >= 0.6 is 12.4 Å². The first-order chi connectivity index (χ1) is 5.09. The minimum Gasteiger partial charge on any atom is -0.480 e. The quantitative estimate of drug-likeness (QED) is 0.671. The number of carbonyl (C=O) groups is 2. The van der Waals surface area contributed by atoms with Crippen LogP contribution in [-0.2, 0) is 9.59 Å². The lowest BCUT2D eigenvalue weighted by Gasteiger charge is -2.25. The molecule has 1 unspecified atom stereocenters. The van der Waals surface area contributed by atoms with E-state index in [9.17, 15) is 9.59 Å². The zero-order valence-corrected chi connectivity index (χ0v) is 7.34. The van der Waals surface area contributed by atoms with Crippen LogP contribution in [0, 0.1) is 5.92 Å². The molecule has 0 heterocycles. The Morgan fingerprint density at radius 3 is 2.50 bits per heavy atom. The Bertz CT molecular complexity index is 187. The second-order valence-electron chi connectivity index (χ2n) is 2.99. The van der Waals surface area contributed by atoms with Gasteiger partial charge in [0, 0.05) is 12.8 Å². The molecule has 1 aliphatic rings. The van der Waals surface area contributed by atoms with Gasteiger partial charge in [0.25, 0.3) is 0 Å². The third-order valence-corrected chi connectivity index (χ3v) is 1.94. The van der Waals surface area contributed by atoms with Crippen molar-refractivity contribution in [2.45, 2.75) is 25.3 Å². The van der Waals surface area contributed by atoms with Gasteiger partial charge in [-0.2, -0.15) is 0 Å². The molecule has 1 saturated carbocycles. The van der Waals surface area contributed by atoms with Crippen LogP contribution in [0.15, 0.2) is 0 Å². The summed E-state index contributed by atoms with van der Waals surface area (Å²) in [7, 11) is 0. The van der Waals surface area contributed by atoms with Crippen molar-refractivity contribution in [2.75, 3.05) is 0 Å². The van der Waals surface area contributed by atoms with Crippen LogP contribution in [0.4, 0.5) is 0 Å². The highest BCUT2D eigenvalue weighted by molar-refractivity contribution is 5.85. The molecular formula is C7H12ClNO3. The van der Waals surface area contributed by atoms with Gasteiger partial charge in [0.05, 0.1) is 0 Å². The van der Waals surface area contributed by atoms with Crippen LogP contribution in [0.2, 0.25) is 0 Å². The molecule has 1 atom stereocenters. The predicted molar refractivity (Wildman–Crippen MR) is 45.2 cm³/mol. The molecule has 5 heteroatoms. The molecule has 1 rings (SSSR count). The van der Waals surface area contributed by atoms with Crippen LogP contribution in [0.1, 0.15) is 19.3 Å². The first kappa shape index (κ1) is 11.4. The molecule has 0 saturated heterocycles. The average molecular weight is 194 g/mol. The van der Waals surface area contributed by atoms with E-state index in [1.54, 1.807) is 0 Å². The molecule has 0 aromatic rings. The third-order valence-electron chi connectivity index (χ3n) is 1.94. The molecule has 1 aliphatic carbocycles. The molecule has 0 bridgehead atoms. The van der Waals surface area contributed by atoms with E-state index < -0.39 is 12.0 Å². The molecule has 0 radical (unpaired) electrons. The zero-order valence-electron chi connectivity index (χ0n) is 6.53. The summed E-state index contributed by atoms with van der Waals surface area (Å²) in [5, 5.41) is 8.41. The number of rotatable bonds is 3. The fourth-order valence-corrected chi connectivity index (χ4v) is 1.21. The van der Waals surface area contributed by atoms with Crippen molar-refractivity contribution in [3.05, 3.63) is 0 Å². The van der Waals surface area contributed by atoms with E-state index in [2.05, 4.69) is 0 Å². The second-order valence-corrected chi connectivity index (χ2v) is 2.99. The summed E-state index contributed by atoms with van der Waals surface area (Å²) < 4.78 is 0. The van der Waals surface area contributed by atoms with Crippen LogP contribution in [-0.4, -0.2) is 22.9 Å². The van der Waals surface area contributed by atoms with Gasteiger partial charge in [0.15, 0.2) is 0 Å². The van der Waals surface area contributed by atoms with Crippen molar-refractivity contribution >= 4 is 24.2 Å². The number of carbonyl (C=O) groups excluding carboxylic acids is 1. The molecule has 0 aromatic carbocycles. The number of Topliss-reactive ketones (excluding diaryl/α,β-unsaturated/α-hetero) is 1. The van der Waals surface area contributed by atoms with Gasteiger partial charge in [-0.25, -0.2) is 0 Å². The van der Waals surface area contributed by atoms with E-state index in [0.717, 1.165) is 0 Å². The Labute approximate surface area is 76.5 Å². The molecule has 3 N–H and O–H groups in total. The lowest BCUT2D eigenvalue weighted by molar-refractivity contribution is -0.140. The Morgan fingerprint density at radius 1 is 1.67 bits per heavy atom. The van der Waals surface area contributed by atoms with Gasteiger partial charge in [-0.05, 0) is 12.3 Å². The molecule has 70 valence electrons. The smallest absolute Gasteiger partial charge is 0.320 e. The van der Waals surface area contributed by atoms with E-state index in [1.165, 1.54) is 0 Å². The van der Waals surface area contributed by atoms with Gasteiger partial charge in [-0.15, -0.1) is 12.4 Å². The Balaban J connectivity index is 0.00000121. The van der Waals surface area contributed by atoms with Crippen LogP contribution in [0.5, 0.6) is 0 Å². The van der Waals surface area contributed by atoms with E-state index >= 15 is 0 Å². The first-order valence-corrected chi connectivity index (χ1v) is 3.59. The van der Waals surface area contributed by atoms with Crippen molar-refractivity contribution in [3.8, 4) is 0 Å². The van der Waals surface area contributed by atoms with Gasteiger partial charge >= 0.3 is 5.97 Å². The second kappa shape index (κ2) is 4.42. The number of aliphatic carboxylic acids is 1. The van der Waals surface area contributed by atoms with Crippen LogP contribution in [0.25, 0.3) is 0 Å². The lowest BCUT2D eigenvalue weighted by atomic mass is 9.80. The molecule has 4 nitrogen and oxygen atoms in total. The highest BCUT2D eigenvalue weighted by Gasteiger charge is 2.29. The number of nitrogens with two attached hydrogens (primary N) is 1. The van der Waals surface area contributed by atoms with Gasteiger partial charge in [-0.1, -0.05) is 0 Å². The molecule has 0 aromatic heterocycles. The Hall–Kier alpha value is -0.610. The number of hydrogen-bond donors (Lipinski definition) is 2.